The Kier molecular flexibility index (Phi) is 3.93. The zero-order valence-electron chi connectivity index (χ0n) is 12.2. The molecule has 0 aliphatic rings. The summed E-state index contributed by atoms with van der Waals surface area (Å²) in [6.07, 6.45) is 0. The Hall–Kier alpha value is -2.60. The average molecular weight is 313 g/mol. The molecule has 0 saturated carbocycles. The van der Waals surface area contributed by atoms with Gasteiger partial charge < -0.3 is 19.8 Å². The molecule has 0 radical (unpaired) electrons. The second-order valence-corrected chi connectivity index (χ2v) is 5.13. The molecule has 0 aliphatic carbocycles. The lowest BCUT2D eigenvalue weighted by Gasteiger charge is -2.10. The number of aromatic nitrogens is 1. The first-order valence-electron chi connectivity index (χ1n) is 6.73. The molecule has 0 spiro atoms. The van der Waals surface area contributed by atoms with Crippen LogP contribution in [0.3, 0.4) is 0 Å². The summed E-state index contributed by atoms with van der Waals surface area (Å²) in [5.74, 6) is 1.45. The largest absolute Gasteiger partial charge is 0.497 e. The Labute approximate surface area is 133 Å². The molecular formula is C16H15N3O2S. The fourth-order valence-electron chi connectivity index (χ4n) is 2.09. The van der Waals surface area contributed by atoms with Crippen LogP contribution in [0, 0.1) is 6.92 Å². The van der Waals surface area contributed by atoms with Gasteiger partial charge in [-0.1, -0.05) is 0 Å². The lowest BCUT2D eigenvalue weighted by atomic mass is 10.3. The van der Waals surface area contributed by atoms with Crippen molar-refractivity contribution in [3.05, 3.63) is 48.4 Å². The number of fused-ring (bicyclic) bond motifs is 1. The SMILES string of the molecule is COc1ccc(NC(=S)Nc2ccc3oc(C)nc3c2)cc1. The van der Waals surface area contributed by atoms with E-state index in [1.54, 1.807) is 7.11 Å². The van der Waals surface area contributed by atoms with Crippen molar-refractivity contribution >= 4 is 39.8 Å². The van der Waals surface area contributed by atoms with Gasteiger partial charge in [-0.05, 0) is 54.7 Å². The van der Waals surface area contributed by atoms with Gasteiger partial charge in [0.2, 0.25) is 0 Å². The van der Waals surface area contributed by atoms with E-state index in [-0.39, 0.29) is 0 Å². The van der Waals surface area contributed by atoms with Gasteiger partial charge in [-0.2, -0.15) is 0 Å². The number of thiocarbonyl (C=S) groups is 1. The number of hydrogen-bond acceptors (Lipinski definition) is 4. The third kappa shape index (κ3) is 3.17. The second kappa shape index (κ2) is 6.03. The number of nitrogens with one attached hydrogen (secondary N) is 2. The summed E-state index contributed by atoms with van der Waals surface area (Å²) in [5.41, 5.74) is 3.30. The Morgan fingerprint density at radius 1 is 1.09 bits per heavy atom. The third-order valence-electron chi connectivity index (χ3n) is 3.10. The zero-order chi connectivity index (χ0) is 15.5. The van der Waals surface area contributed by atoms with Gasteiger partial charge in [0.05, 0.1) is 7.11 Å². The van der Waals surface area contributed by atoms with Crippen LogP contribution in [-0.4, -0.2) is 17.2 Å². The molecule has 0 unspecified atom stereocenters. The van der Waals surface area contributed by atoms with E-state index < -0.39 is 0 Å². The highest BCUT2D eigenvalue weighted by Crippen LogP contribution is 2.20. The van der Waals surface area contributed by atoms with Crippen LogP contribution in [0.2, 0.25) is 0 Å². The molecule has 0 fully saturated rings. The lowest BCUT2D eigenvalue weighted by molar-refractivity contribution is 0.415. The van der Waals surface area contributed by atoms with Crippen molar-refractivity contribution in [3.63, 3.8) is 0 Å². The molecule has 6 heteroatoms. The molecule has 112 valence electrons. The maximum atomic E-state index is 5.45. The number of hydrogen-bond donors (Lipinski definition) is 2. The molecule has 0 atom stereocenters. The summed E-state index contributed by atoms with van der Waals surface area (Å²) in [4.78, 5) is 4.30. The summed E-state index contributed by atoms with van der Waals surface area (Å²) in [7, 11) is 1.64. The number of methoxy groups -OCH3 is 1. The molecule has 0 bridgehead atoms. The van der Waals surface area contributed by atoms with Crippen molar-refractivity contribution in [2.24, 2.45) is 0 Å². The number of rotatable bonds is 3. The maximum absolute atomic E-state index is 5.45. The van der Waals surface area contributed by atoms with E-state index in [1.807, 2.05) is 49.4 Å². The molecule has 3 aromatic rings. The predicted octanol–water partition coefficient (Wildman–Crippen LogP) is 3.95. The molecule has 3 rings (SSSR count). The van der Waals surface area contributed by atoms with Gasteiger partial charge in [0.1, 0.15) is 11.3 Å². The van der Waals surface area contributed by atoms with E-state index in [1.165, 1.54) is 0 Å². The molecule has 0 saturated heterocycles. The number of anilines is 2. The molecule has 0 amide bonds. The molecule has 22 heavy (non-hydrogen) atoms. The number of oxazole rings is 1. The van der Waals surface area contributed by atoms with E-state index in [0.29, 0.717) is 11.0 Å². The van der Waals surface area contributed by atoms with Crippen LogP contribution in [0.15, 0.2) is 46.9 Å². The highest BCUT2D eigenvalue weighted by atomic mass is 32.1. The van der Waals surface area contributed by atoms with Crippen molar-refractivity contribution in [2.45, 2.75) is 6.92 Å². The van der Waals surface area contributed by atoms with Crippen molar-refractivity contribution in [1.82, 2.24) is 4.98 Å². The molecule has 2 aromatic carbocycles. The lowest BCUT2D eigenvalue weighted by Crippen LogP contribution is -2.18. The number of benzene rings is 2. The van der Waals surface area contributed by atoms with Crippen LogP contribution >= 0.6 is 12.2 Å². The first-order chi connectivity index (χ1) is 10.6. The Morgan fingerprint density at radius 3 is 2.50 bits per heavy atom. The van der Waals surface area contributed by atoms with Gasteiger partial charge in [0, 0.05) is 18.3 Å². The summed E-state index contributed by atoms with van der Waals surface area (Å²) in [5, 5.41) is 6.75. The van der Waals surface area contributed by atoms with Gasteiger partial charge in [0.15, 0.2) is 16.6 Å². The highest BCUT2D eigenvalue weighted by molar-refractivity contribution is 7.80. The van der Waals surface area contributed by atoms with Gasteiger partial charge in [-0.15, -0.1) is 0 Å². The number of ether oxygens (including phenoxy) is 1. The van der Waals surface area contributed by atoms with Crippen molar-refractivity contribution < 1.29 is 9.15 Å². The van der Waals surface area contributed by atoms with E-state index in [0.717, 1.165) is 28.2 Å². The van der Waals surface area contributed by atoms with Gasteiger partial charge >= 0.3 is 0 Å². The van der Waals surface area contributed by atoms with E-state index in [4.69, 9.17) is 21.4 Å². The molecule has 1 heterocycles. The van der Waals surface area contributed by atoms with Crippen molar-refractivity contribution in [2.75, 3.05) is 17.7 Å². The normalized spacial score (nSPS) is 10.5. The highest BCUT2D eigenvalue weighted by Gasteiger charge is 2.05. The fourth-order valence-corrected chi connectivity index (χ4v) is 2.32. The maximum Gasteiger partial charge on any atom is 0.192 e. The fraction of sp³-hybridized carbons (Fsp3) is 0.125. The predicted molar refractivity (Wildman–Crippen MR) is 91.6 cm³/mol. The second-order valence-electron chi connectivity index (χ2n) is 4.72. The smallest absolute Gasteiger partial charge is 0.192 e. The van der Waals surface area contributed by atoms with Gasteiger partial charge in [0.25, 0.3) is 0 Å². The van der Waals surface area contributed by atoms with Crippen LogP contribution in [0.1, 0.15) is 5.89 Å². The van der Waals surface area contributed by atoms with Crippen LogP contribution in [0.4, 0.5) is 11.4 Å². The molecular weight excluding hydrogens is 298 g/mol. The van der Waals surface area contributed by atoms with Gasteiger partial charge in [-0.25, -0.2) is 4.98 Å². The van der Waals surface area contributed by atoms with Crippen molar-refractivity contribution in [1.29, 1.82) is 0 Å². The molecule has 1 aromatic heterocycles. The van der Waals surface area contributed by atoms with E-state index in [2.05, 4.69) is 15.6 Å². The van der Waals surface area contributed by atoms with Crippen LogP contribution < -0.4 is 15.4 Å². The van der Waals surface area contributed by atoms with Crippen LogP contribution in [0.25, 0.3) is 11.1 Å². The van der Waals surface area contributed by atoms with Crippen LogP contribution in [-0.2, 0) is 0 Å². The first-order valence-corrected chi connectivity index (χ1v) is 7.14. The number of nitrogens with zero attached hydrogens (tertiary/aromatic N) is 1. The minimum atomic E-state index is 0.504. The molecule has 2 N–H and O–H groups in total. The van der Waals surface area contributed by atoms with E-state index >= 15 is 0 Å². The Morgan fingerprint density at radius 2 is 1.77 bits per heavy atom. The summed E-state index contributed by atoms with van der Waals surface area (Å²) in [6, 6.07) is 13.2. The van der Waals surface area contributed by atoms with E-state index in [9.17, 15) is 0 Å². The number of aryl methyl sites for hydroxylation is 1. The Balaban J connectivity index is 1.69. The topological polar surface area (TPSA) is 59.3 Å². The Bertz CT molecular complexity index is 812. The first kappa shape index (κ1) is 14.3. The minimum absolute atomic E-state index is 0.504. The van der Waals surface area contributed by atoms with Gasteiger partial charge in [-0.3, -0.25) is 0 Å². The molecule has 0 aliphatic heterocycles. The summed E-state index contributed by atoms with van der Waals surface area (Å²) < 4.78 is 10.6. The quantitative estimate of drug-likeness (QED) is 0.714. The standard InChI is InChI=1S/C16H15N3O2S/c1-10-17-14-9-12(5-8-15(14)21-10)19-16(22)18-11-3-6-13(20-2)7-4-11/h3-9H,1-2H3,(H2,18,19,22). The minimum Gasteiger partial charge on any atom is -0.497 e. The van der Waals surface area contributed by atoms with Crippen molar-refractivity contribution in [3.8, 4) is 5.75 Å². The molecule has 5 nitrogen and oxygen atoms in total. The zero-order valence-corrected chi connectivity index (χ0v) is 13.0. The monoisotopic (exact) mass is 313 g/mol. The average Bonchev–Trinajstić information content (AvgIpc) is 2.87. The third-order valence-corrected chi connectivity index (χ3v) is 3.30. The summed E-state index contributed by atoms with van der Waals surface area (Å²) >= 11 is 5.31. The summed E-state index contributed by atoms with van der Waals surface area (Å²) in [6.45, 7) is 1.82. The van der Waals surface area contributed by atoms with Crippen LogP contribution in [0.5, 0.6) is 5.75 Å².